The first-order valence-corrected chi connectivity index (χ1v) is 7.68. The molecule has 2 aromatic rings. The molecule has 0 spiro atoms. The van der Waals surface area contributed by atoms with E-state index >= 15 is 0 Å². The normalized spacial score (nSPS) is 11.0. The van der Waals surface area contributed by atoms with E-state index in [0.29, 0.717) is 6.42 Å². The standard InChI is InChI=1S/C17H25N3O/c1-4-20(5-2)17(21)10-11-18-12-14-13-19(3)16-9-7-6-8-15(14)16/h6-9,13,18H,4-5,10-12H2,1-3H3. The number of nitrogens with zero attached hydrogens (tertiary/aromatic N) is 2. The van der Waals surface area contributed by atoms with E-state index in [2.05, 4.69) is 47.4 Å². The topological polar surface area (TPSA) is 37.3 Å². The SMILES string of the molecule is CCN(CC)C(=O)CCNCc1cn(C)c2ccccc12. The molecule has 1 amide bonds. The maximum Gasteiger partial charge on any atom is 0.223 e. The van der Waals surface area contributed by atoms with Crippen LogP contribution in [0.2, 0.25) is 0 Å². The highest BCUT2D eigenvalue weighted by Gasteiger charge is 2.09. The first-order chi connectivity index (χ1) is 10.2. The van der Waals surface area contributed by atoms with Gasteiger partial charge in [-0.3, -0.25) is 4.79 Å². The fourth-order valence-electron chi connectivity index (χ4n) is 2.72. The molecule has 114 valence electrons. The van der Waals surface area contributed by atoms with E-state index in [1.54, 1.807) is 0 Å². The molecule has 0 radical (unpaired) electrons. The maximum atomic E-state index is 11.9. The van der Waals surface area contributed by atoms with E-state index in [1.165, 1.54) is 16.5 Å². The van der Waals surface area contributed by atoms with Gasteiger partial charge < -0.3 is 14.8 Å². The molecular formula is C17H25N3O. The second-order valence-electron chi connectivity index (χ2n) is 5.28. The Balaban J connectivity index is 1.87. The second-order valence-corrected chi connectivity index (χ2v) is 5.28. The van der Waals surface area contributed by atoms with Crippen LogP contribution in [0.5, 0.6) is 0 Å². The van der Waals surface area contributed by atoms with Gasteiger partial charge in [0.2, 0.25) is 5.91 Å². The Labute approximate surface area is 126 Å². The lowest BCUT2D eigenvalue weighted by Crippen LogP contribution is -2.32. The van der Waals surface area contributed by atoms with Gasteiger partial charge in [-0.05, 0) is 25.5 Å². The summed E-state index contributed by atoms with van der Waals surface area (Å²) in [6.07, 6.45) is 2.72. The predicted molar refractivity (Wildman–Crippen MR) is 87.2 cm³/mol. The van der Waals surface area contributed by atoms with Gasteiger partial charge in [0.1, 0.15) is 0 Å². The molecular weight excluding hydrogens is 262 g/mol. The second kappa shape index (κ2) is 7.27. The molecule has 0 aliphatic heterocycles. The molecule has 0 aliphatic rings. The number of carbonyl (C=O) groups is 1. The molecule has 4 nitrogen and oxygen atoms in total. The Kier molecular flexibility index (Phi) is 5.39. The summed E-state index contributed by atoms with van der Waals surface area (Å²) in [6, 6.07) is 8.40. The van der Waals surface area contributed by atoms with Crippen molar-refractivity contribution >= 4 is 16.8 Å². The lowest BCUT2D eigenvalue weighted by Gasteiger charge is -2.18. The Hall–Kier alpha value is -1.81. The van der Waals surface area contributed by atoms with Crippen LogP contribution in [0.4, 0.5) is 0 Å². The van der Waals surface area contributed by atoms with Gasteiger partial charge in [-0.1, -0.05) is 18.2 Å². The van der Waals surface area contributed by atoms with E-state index in [0.717, 1.165) is 26.2 Å². The summed E-state index contributed by atoms with van der Waals surface area (Å²) in [5, 5.41) is 4.66. The van der Waals surface area contributed by atoms with Gasteiger partial charge in [0.15, 0.2) is 0 Å². The molecule has 1 aromatic carbocycles. The van der Waals surface area contributed by atoms with Gasteiger partial charge in [0.05, 0.1) is 0 Å². The van der Waals surface area contributed by atoms with E-state index in [-0.39, 0.29) is 5.91 Å². The zero-order chi connectivity index (χ0) is 15.2. The maximum absolute atomic E-state index is 11.9. The van der Waals surface area contributed by atoms with Gasteiger partial charge in [0, 0.05) is 56.7 Å². The van der Waals surface area contributed by atoms with Gasteiger partial charge in [-0.15, -0.1) is 0 Å². The number of fused-ring (bicyclic) bond motifs is 1. The smallest absolute Gasteiger partial charge is 0.223 e. The Morgan fingerprint density at radius 2 is 1.95 bits per heavy atom. The first-order valence-electron chi connectivity index (χ1n) is 7.68. The summed E-state index contributed by atoms with van der Waals surface area (Å²) in [7, 11) is 2.07. The zero-order valence-electron chi connectivity index (χ0n) is 13.2. The quantitative estimate of drug-likeness (QED) is 0.795. The summed E-state index contributed by atoms with van der Waals surface area (Å²) < 4.78 is 2.15. The lowest BCUT2D eigenvalue weighted by molar-refractivity contribution is -0.130. The number of aryl methyl sites for hydroxylation is 1. The Bertz CT molecular complexity index is 599. The highest BCUT2D eigenvalue weighted by Crippen LogP contribution is 2.19. The third kappa shape index (κ3) is 3.64. The van der Waals surface area contributed by atoms with Crippen LogP contribution < -0.4 is 5.32 Å². The van der Waals surface area contributed by atoms with Gasteiger partial charge in [-0.25, -0.2) is 0 Å². The summed E-state index contributed by atoms with van der Waals surface area (Å²) in [6.45, 7) is 7.14. The highest BCUT2D eigenvalue weighted by molar-refractivity contribution is 5.83. The van der Waals surface area contributed by atoms with Crippen LogP contribution in [-0.4, -0.2) is 35.0 Å². The van der Waals surface area contributed by atoms with Crippen LogP contribution in [0.3, 0.4) is 0 Å². The molecule has 0 bridgehead atoms. The largest absolute Gasteiger partial charge is 0.350 e. The van der Waals surface area contributed by atoms with Crippen molar-refractivity contribution < 1.29 is 4.79 Å². The van der Waals surface area contributed by atoms with Crippen LogP contribution in [0.15, 0.2) is 30.5 Å². The molecule has 0 saturated carbocycles. The van der Waals surface area contributed by atoms with Gasteiger partial charge >= 0.3 is 0 Å². The molecule has 0 unspecified atom stereocenters. The number of nitrogens with one attached hydrogen (secondary N) is 1. The predicted octanol–water partition coefficient (Wildman–Crippen LogP) is 2.53. The van der Waals surface area contributed by atoms with Crippen molar-refractivity contribution in [1.82, 2.24) is 14.8 Å². The minimum absolute atomic E-state index is 0.227. The van der Waals surface area contributed by atoms with Gasteiger partial charge in [-0.2, -0.15) is 0 Å². The average molecular weight is 287 g/mol. The first kappa shape index (κ1) is 15.6. The van der Waals surface area contributed by atoms with E-state index < -0.39 is 0 Å². The minimum atomic E-state index is 0.227. The number of benzene rings is 1. The molecule has 1 N–H and O–H groups in total. The Morgan fingerprint density at radius 3 is 2.67 bits per heavy atom. The number of para-hydroxylation sites is 1. The number of hydrogen-bond donors (Lipinski definition) is 1. The van der Waals surface area contributed by atoms with Crippen LogP contribution in [0.1, 0.15) is 25.8 Å². The summed E-state index contributed by atoms with van der Waals surface area (Å²) in [5.41, 5.74) is 2.52. The van der Waals surface area contributed by atoms with Crippen molar-refractivity contribution in [1.29, 1.82) is 0 Å². The third-order valence-electron chi connectivity index (χ3n) is 3.93. The fourth-order valence-corrected chi connectivity index (χ4v) is 2.72. The average Bonchev–Trinajstić information content (AvgIpc) is 2.82. The lowest BCUT2D eigenvalue weighted by atomic mass is 10.2. The van der Waals surface area contributed by atoms with Crippen LogP contribution in [-0.2, 0) is 18.4 Å². The van der Waals surface area contributed by atoms with Crippen molar-refractivity contribution in [2.24, 2.45) is 7.05 Å². The molecule has 0 aliphatic carbocycles. The molecule has 0 atom stereocenters. The minimum Gasteiger partial charge on any atom is -0.350 e. The van der Waals surface area contributed by atoms with Crippen LogP contribution >= 0.6 is 0 Å². The summed E-state index contributed by atoms with van der Waals surface area (Å²) in [5.74, 6) is 0.227. The number of aromatic nitrogens is 1. The molecule has 0 saturated heterocycles. The van der Waals surface area contributed by atoms with Crippen molar-refractivity contribution in [2.75, 3.05) is 19.6 Å². The summed E-state index contributed by atoms with van der Waals surface area (Å²) >= 11 is 0. The molecule has 0 fully saturated rings. The van der Waals surface area contributed by atoms with E-state index in [9.17, 15) is 4.79 Å². The monoisotopic (exact) mass is 287 g/mol. The molecule has 2 rings (SSSR count). The molecule has 1 aromatic heterocycles. The molecule has 1 heterocycles. The molecule has 21 heavy (non-hydrogen) atoms. The molecule has 4 heteroatoms. The highest BCUT2D eigenvalue weighted by atomic mass is 16.2. The number of hydrogen-bond acceptors (Lipinski definition) is 2. The van der Waals surface area contributed by atoms with Crippen molar-refractivity contribution in [3.05, 3.63) is 36.0 Å². The van der Waals surface area contributed by atoms with Crippen LogP contribution in [0, 0.1) is 0 Å². The van der Waals surface area contributed by atoms with E-state index in [1.807, 2.05) is 18.7 Å². The van der Waals surface area contributed by atoms with Crippen molar-refractivity contribution in [2.45, 2.75) is 26.8 Å². The summed E-state index contributed by atoms with van der Waals surface area (Å²) in [4.78, 5) is 13.8. The number of rotatable bonds is 7. The zero-order valence-corrected chi connectivity index (χ0v) is 13.2. The van der Waals surface area contributed by atoms with Crippen molar-refractivity contribution in [3.63, 3.8) is 0 Å². The van der Waals surface area contributed by atoms with E-state index in [4.69, 9.17) is 0 Å². The third-order valence-corrected chi connectivity index (χ3v) is 3.93. The Morgan fingerprint density at radius 1 is 1.24 bits per heavy atom. The van der Waals surface area contributed by atoms with Crippen molar-refractivity contribution in [3.8, 4) is 0 Å². The number of carbonyl (C=O) groups excluding carboxylic acids is 1. The van der Waals surface area contributed by atoms with Gasteiger partial charge in [0.25, 0.3) is 0 Å². The fraction of sp³-hybridized carbons (Fsp3) is 0.471. The van der Waals surface area contributed by atoms with Crippen LogP contribution in [0.25, 0.3) is 10.9 Å². The number of amides is 1.